The Hall–Kier alpha value is -1.72. The fourth-order valence-electron chi connectivity index (χ4n) is 3.59. The minimum absolute atomic E-state index is 0.118. The standard InChI is InChI=1S/C18H24FN3O/c1-3-22(4-2)15-7-8-21(12-15)11-14-10-18(23)16-9-13(19)5-6-17(16)20-14/h5-6,9-10,15H,3-4,7-8,11-12H2,1-2H3,(H,20,23). The molecule has 1 aliphatic heterocycles. The van der Waals surface area contributed by atoms with Gasteiger partial charge < -0.3 is 4.98 Å². The zero-order chi connectivity index (χ0) is 16.4. The number of aromatic nitrogens is 1. The molecule has 4 nitrogen and oxygen atoms in total. The molecular weight excluding hydrogens is 293 g/mol. The fourth-order valence-corrected chi connectivity index (χ4v) is 3.59. The summed E-state index contributed by atoms with van der Waals surface area (Å²) in [5.41, 5.74) is 1.48. The molecule has 1 N–H and O–H groups in total. The lowest BCUT2D eigenvalue weighted by Crippen LogP contribution is -2.37. The Morgan fingerprint density at radius 3 is 2.83 bits per heavy atom. The summed E-state index contributed by atoms with van der Waals surface area (Å²) in [6.45, 7) is 9.37. The van der Waals surface area contributed by atoms with Gasteiger partial charge in [-0.25, -0.2) is 4.39 Å². The van der Waals surface area contributed by atoms with Gasteiger partial charge in [-0.05, 0) is 37.7 Å². The Balaban J connectivity index is 1.75. The lowest BCUT2D eigenvalue weighted by Gasteiger charge is -2.26. The summed E-state index contributed by atoms with van der Waals surface area (Å²) in [5.74, 6) is -0.377. The Labute approximate surface area is 135 Å². The number of H-pyrrole nitrogens is 1. The SMILES string of the molecule is CCN(CC)C1CCN(Cc2cc(=O)c3cc(F)ccc3[nH]2)C1. The van der Waals surface area contributed by atoms with Crippen LogP contribution in [0.3, 0.4) is 0 Å². The van der Waals surface area contributed by atoms with Gasteiger partial charge in [0.2, 0.25) is 0 Å². The van der Waals surface area contributed by atoms with Gasteiger partial charge in [-0.3, -0.25) is 14.6 Å². The highest BCUT2D eigenvalue weighted by Crippen LogP contribution is 2.18. The van der Waals surface area contributed by atoms with Gasteiger partial charge in [0.15, 0.2) is 5.43 Å². The third-order valence-corrected chi connectivity index (χ3v) is 4.82. The minimum atomic E-state index is -0.377. The quantitative estimate of drug-likeness (QED) is 0.921. The summed E-state index contributed by atoms with van der Waals surface area (Å²) >= 11 is 0. The van der Waals surface area contributed by atoms with Crippen LogP contribution in [-0.4, -0.2) is 47.0 Å². The number of hydrogen-bond acceptors (Lipinski definition) is 3. The monoisotopic (exact) mass is 317 g/mol. The van der Waals surface area contributed by atoms with Crippen molar-refractivity contribution in [1.82, 2.24) is 14.8 Å². The van der Waals surface area contributed by atoms with E-state index >= 15 is 0 Å². The van der Waals surface area contributed by atoms with Crippen molar-refractivity contribution in [3.05, 3.63) is 46.0 Å². The smallest absolute Gasteiger partial charge is 0.189 e. The molecule has 1 saturated heterocycles. The van der Waals surface area contributed by atoms with Crippen LogP contribution in [0.2, 0.25) is 0 Å². The molecule has 3 rings (SSSR count). The number of fused-ring (bicyclic) bond motifs is 1. The molecule has 2 heterocycles. The van der Waals surface area contributed by atoms with Crippen molar-refractivity contribution >= 4 is 10.9 Å². The average Bonchev–Trinajstić information content (AvgIpc) is 2.98. The molecule has 1 aliphatic rings. The highest BCUT2D eigenvalue weighted by molar-refractivity contribution is 5.78. The molecule has 124 valence electrons. The summed E-state index contributed by atoms with van der Waals surface area (Å²) in [6, 6.07) is 6.52. The molecule has 1 fully saturated rings. The molecule has 2 aromatic rings. The van der Waals surface area contributed by atoms with E-state index in [-0.39, 0.29) is 11.2 Å². The van der Waals surface area contributed by atoms with Crippen LogP contribution < -0.4 is 5.43 Å². The second kappa shape index (κ2) is 6.81. The van der Waals surface area contributed by atoms with Crippen molar-refractivity contribution in [2.24, 2.45) is 0 Å². The van der Waals surface area contributed by atoms with Crippen LogP contribution in [0.5, 0.6) is 0 Å². The summed E-state index contributed by atoms with van der Waals surface area (Å²) in [5, 5.41) is 0.413. The van der Waals surface area contributed by atoms with E-state index in [1.807, 2.05) is 0 Å². The average molecular weight is 317 g/mol. The van der Waals surface area contributed by atoms with E-state index in [2.05, 4.69) is 28.6 Å². The van der Waals surface area contributed by atoms with E-state index < -0.39 is 0 Å². The maximum absolute atomic E-state index is 13.3. The van der Waals surface area contributed by atoms with Crippen LogP contribution in [0.1, 0.15) is 26.0 Å². The molecule has 0 bridgehead atoms. The van der Waals surface area contributed by atoms with Gasteiger partial charge in [0, 0.05) is 48.3 Å². The first kappa shape index (κ1) is 16.1. The summed E-state index contributed by atoms with van der Waals surface area (Å²) in [4.78, 5) is 20.3. The normalized spacial score (nSPS) is 19.0. The van der Waals surface area contributed by atoms with E-state index in [1.54, 1.807) is 12.1 Å². The number of likely N-dealkylation sites (N-methyl/N-ethyl adjacent to an activating group) is 1. The number of aromatic amines is 1. The van der Waals surface area contributed by atoms with Gasteiger partial charge >= 0.3 is 0 Å². The zero-order valence-electron chi connectivity index (χ0n) is 13.8. The van der Waals surface area contributed by atoms with Crippen LogP contribution >= 0.6 is 0 Å². The Morgan fingerprint density at radius 1 is 1.30 bits per heavy atom. The van der Waals surface area contributed by atoms with Gasteiger partial charge in [0.25, 0.3) is 0 Å². The third-order valence-electron chi connectivity index (χ3n) is 4.82. The molecule has 0 amide bonds. The summed E-state index contributed by atoms with van der Waals surface area (Å²) in [6.07, 6.45) is 1.17. The van der Waals surface area contributed by atoms with Crippen molar-refractivity contribution in [3.8, 4) is 0 Å². The van der Waals surface area contributed by atoms with Gasteiger partial charge in [-0.2, -0.15) is 0 Å². The second-order valence-electron chi connectivity index (χ2n) is 6.25. The molecule has 23 heavy (non-hydrogen) atoms. The minimum Gasteiger partial charge on any atom is -0.357 e. The molecule has 1 atom stereocenters. The maximum Gasteiger partial charge on any atom is 0.189 e. The fraction of sp³-hybridized carbons (Fsp3) is 0.500. The number of likely N-dealkylation sites (tertiary alicyclic amines) is 1. The lowest BCUT2D eigenvalue weighted by molar-refractivity contribution is 0.208. The molecular formula is C18H24FN3O. The predicted octanol–water partition coefficient (Wildman–Crippen LogP) is 2.58. The zero-order valence-corrected chi connectivity index (χ0v) is 13.8. The van der Waals surface area contributed by atoms with E-state index in [1.165, 1.54) is 18.6 Å². The van der Waals surface area contributed by atoms with E-state index in [9.17, 15) is 9.18 Å². The first-order valence-electron chi connectivity index (χ1n) is 8.38. The molecule has 1 aromatic heterocycles. The molecule has 5 heteroatoms. The highest BCUT2D eigenvalue weighted by Gasteiger charge is 2.26. The van der Waals surface area contributed by atoms with Gasteiger partial charge in [0.05, 0.1) is 0 Å². The van der Waals surface area contributed by atoms with Crippen LogP contribution in [-0.2, 0) is 6.54 Å². The van der Waals surface area contributed by atoms with Crippen molar-refractivity contribution in [1.29, 1.82) is 0 Å². The van der Waals surface area contributed by atoms with Crippen molar-refractivity contribution in [2.45, 2.75) is 32.9 Å². The molecule has 1 unspecified atom stereocenters. The molecule has 0 saturated carbocycles. The predicted molar refractivity (Wildman–Crippen MR) is 91.1 cm³/mol. The highest BCUT2D eigenvalue weighted by atomic mass is 19.1. The van der Waals surface area contributed by atoms with Crippen molar-refractivity contribution < 1.29 is 4.39 Å². The van der Waals surface area contributed by atoms with Crippen molar-refractivity contribution in [2.75, 3.05) is 26.2 Å². The second-order valence-corrected chi connectivity index (χ2v) is 6.25. The van der Waals surface area contributed by atoms with Gasteiger partial charge in [0.1, 0.15) is 5.82 Å². The molecule has 1 aromatic carbocycles. The van der Waals surface area contributed by atoms with Crippen molar-refractivity contribution in [3.63, 3.8) is 0 Å². The molecule has 0 aliphatic carbocycles. The molecule has 0 spiro atoms. The number of benzene rings is 1. The Morgan fingerprint density at radius 2 is 2.09 bits per heavy atom. The number of nitrogens with zero attached hydrogens (tertiary/aromatic N) is 2. The first-order valence-corrected chi connectivity index (χ1v) is 8.38. The summed E-state index contributed by atoms with van der Waals surface area (Å²) < 4.78 is 13.3. The number of nitrogens with one attached hydrogen (secondary N) is 1. The van der Waals surface area contributed by atoms with Crippen LogP contribution in [0.4, 0.5) is 4.39 Å². The molecule has 0 radical (unpaired) electrons. The van der Waals surface area contributed by atoms with Crippen LogP contribution in [0.15, 0.2) is 29.1 Å². The maximum atomic E-state index is 13.3. The van der Waals surface area contributed by atoms with Crippen LogP contribution in [0.25, 0.3) is 10.9 Å². The van der Waals surface area contributed by atoms with Gasteiger partial charge in [-0.15, -0.1) is 0 Å². The number of rotatable bonds is 5. The van der Waals surface area contributed by atoms with E-state index in [0.717, 1.165) is 38.4 Å². The summed E-state index contributed by atoms with van der Waals surface area (Å²) in [7, 11) is 0. The van der Waals surface area contributed by atoms with E-state index in [0.29, 0.717) is 16.9 Å². The van der Waals surface area contributed by atoms with Crippen LogP contribution in [0, 0.1) is 5.82 Å². The topological polar surface area (TPSA) is 39.3 Å². The van der Waals surface area contributed by atoms with Gasteiger partial charge in [-0.1, -0.05) is 13.8 Å². The Bertz CT molecular complexity index is 739. The largest absolute Gasteiger partial charge is 0.357 e. The number of halogens is 1. The number of hydrogen-bond donors (Lipinski definition) is 1. The first-order chi connectivity index (χ1) is 11.1. The number of pyridine rings is 1. The van der Waals surface area contributed by atoms with E-state index in [4.69, 9.17) is 0 Å². The lowest BCUT2D eigenvalue weighted by atomic mass is 10.2. The Kier molecular flexibility index (Phi) is 4.78. The third kappa shape index (κ3) is 3.46.